The molecule has 2 aromatic carbocycles. The van der Waals surface area contributed by atoms with E-state index in [0.717, 1.165) is 9.52 Å². The number of hydrogen-bond acceptors (Lipinski definition) is 0. The number of hydrogen-bond donors (Lipinski definition) is 0. The number of benzene rings is 2. The molecule has 2 aromatic rings. The summed E-state index contributed by atoms with van der Waals surface area (Å²) in [6.07, 6.45) is 0. The maximum atomic E-state index is 2.32. The Morgan fingerprint density at radius 3 is 2.20 bits per heavy atom. The monoisotopic (exact) mass is 212 g/mol. The highest BCUT2D eigenvalue weighted by molar-refractivity contribution is 6.56. The van der Waals surface area contributed by atoms with Crippen molar-refractivity contribution in [2.75, 3.05) is 0 Å². The van der Waals surface area contributed by atoms with Crippen LogP contribution in [0, 0.1) is 0 Å². The van der Waals surface area contributed by atoms with Gasteiger partial charge < -0.3 is 0 Å². The fourth-order valence-corrected chi connectivity index (χ4v) is 2.96. The molecule has 2 rings (SSSR count). The largest absolute Gasteiger partial charge is 0.0868 e. The zero-order valence-electron chi connectivity index (χ0n) is 9.54. The molecule has 0 aliphatic rings. The van der Waals surface area contributed by atoms with Gasteiger partial charge in [0.05, 0.1) is 9.52 Å². The minimum atomic E-state index is 0.391. The SMILES string of the molecule is CC(C)(C)[Si]c1ccc2ccccc2c1. The molecule has 0 aliphatic heterocycles. The van der Waals surface area contributed by atoms with E-state index in [4.69, 9.17) is 0 Å². The van der Waals surface area contributed by atoms with Crippen LogP contribution in [0.25, 0.3) is 10.8 Å². The van der Waals surface area contributed by atoms with Crippen molar-refractivity contribution in [3.05, 3.63) is 42.5 Å². The van der Waals surface area contributed by atoms with Gasteiger partial charge in [0.25, 0.3) is 0 Å². The summed E-state index contributed by atoms with van der Waals surface area (Å²) in [5.41, 5.74) is 0. The second-order valence-corrected chi connectivity index (χ2v) is 7.26. The second-order valence-electron chi connectivity index (χ2n) is 4.94. The molecule has 0 spiro atoms. The van der Waals surface area contributed by atoms with Crippen molar-refractivity contribution in [2.45, 2.75) is 25.8 Å². The summed E-state index contributed by atoms with van der Waals surface area (Å²) >= 11 is 0. The molecule has 0 heterocycles. The average molecular weight is 212 g/mol. The minimum absolute atomic E-state index is 0.391. The molecule has 0 aromatic heterocycles. The Balaban J connectivity index is 2.39. The fraction of sp³-hybridized carbons (Fsp3) is 0.286. The van der Waals surface area contributed by atoms with Gasteiger partial charge in [-0.3, -0.25) is 0 Å². The van der Waals surface area contributed by atoms with Crippen LogP contribution in [0.1, 0.15) is 20.8 Å². The van der Waals surface area contributed by atoms with Crippen molar-refractivity contribution in [1.82, 2.24) is 0 Å². The molecular weight excluding hydrogens is 196 g/mol. The molecule has 0 unspecified atom stereocenters. The normalized spacial score (nSPS) is 11.9. The Bertz CT molecular complexity index is 466. The van der Waals surface area contributed by atoms with Crippen molar-refractivity contribution >= 4 is 25.5 Å². The van der Waals surface area contributed by atoms with Gasteiger partial charge in [-0.2, -0.15) is 0 Å². The summed E-state index contributed by atoms with van der Waals surface area (Å²) in [7, 11) is 0.877. The summed E-state index contributed by atoms with van der Waals surface area (Å²) in [4.78, 5) is 0. The summed E-state index contributed by atoms with van der Waals surface area (Å²) < 4.78 is 0. The molecule has 2 radical (unpaired) electrons. The van der Waals surface area contributed by atoms with Crippen LogP contribution in [-0.2, 0) is 0 Å². The molecule has 0 amide bonds. The lowest BCUT2D eigenvalue weighted by Gasteiger charge is -2.16. The smallest absolute Gasteiger partial charge is 0.0631 e. The van der Waals surface area contributed by atoms with E-state index in [0.29, 0.717) is 5.04 Å². The number of rotatable bonds is 1. The summed E-state index contributed by atoms with van der Waals surface area (Å²) in [6.45, 7) is 6.88. The molecule has 0 saturated heterocycles. The van der Waals surface area contributed by atoms with Crippen LogP contribution in [-0.4, -0.2) is 9.52 Å². The summed E-state index contributed by atoms with van der Waals surface area (Å²) in [6, 6.07) is 15.3. The van der Waals surface area contributed by atoms with Crippen molar-refractivity contribution in [3.63, 3.8) is 0 Å². The van der Waals surface area contributed by atoms with Crippen molar-refractivity contribution in [2.24, 2.45) is 0 Å². The molecule has 0 saturated carbocycles. The van der Waals surface area contributed by atoms with E-state index in [1.54, 1.807) is 0 Å². The highest BCUT2D eigenvalue weighted by atomic mass is 28.2. The molecule has 0 atom stereocenters. The predicted octanol–water partition coefficient (Wildman–Crippen LogP) is 3.39. The third kappa shape index (κ3) is 2.69. The van der Waals surface area contributed by atoms with E-state index >= 15 is 0 Å². The van der Waals surface area contributed by atoms with E-state index < -0.39 is 0 Å². The van der Waals surface area contributed by atoms with Crippen LogP contribution in [0.5, 0.6) is 0 Å². The summed E-state index contributed by atoms with van der Waals surface area (Å²) in [5, 5.41) is 4.54. The van der Waals surface area contributed by atoms with E-state index in [2.05, 4.69) is 63.2 Å². The van der Waals surface area contributed by atoms with Gasteiger partial charge in [-0.25, -0.2) is 0 Å². The van der Waals surface area contributed by atoms with Crippen molar-refractivity contribution < 1.29 is 0 Å². The first-order valence-corrected chi connectivity index (χ1v) is 6.32. The molecule has 0 aliphatic carbocycles. The quantitative estimate of drug-likeness (QED) is 0.636. The molecule has 15 heavy (non-hydrogen) atoms. The highest BCUT2D eigenvalue weighted by Gasteiger charge is 2.12. The number of fused-ring (bicyclic) bond motifs is 1. The Hall–Kier alpha value is -1.08. The molecule has 0 nitrogen and oxygen atoms in total. The first-order valence-electron chi connectivity index (χ1n) is 5.32. The van der Waals surface area contributed by atoms with E-state index in [9.17, 15) is 0 Å². The molecule has 0 fully saturated rings. The Kier molecular flexibility index (Phi) is 2.66. The van der Waals surface area contributed by atoms with Crippen molar-refractivity contribution in [1.29, 1.82) is 0 Å². The van der Waals surface area contributed by atoms with E-state index in [1.807, 2.05) is 0 Å². The van der Waals surface area contributed by atoms with Gasteiger partial charge in [-0.1, -0.05) is 68.4 Å². The standard InChI is InChI=1S/C14H16Si/c1-14(2,3)15-13-9-8-11-6-4-5-7-12(11)10-13/h4-10H,1-3H3. The first kappa shape index (κ1) is 10.4. The predicted molar refractivity (Wildman–Crippen MR) is 69.1 cm³/mol. The minimum Gasteiger partial charge on any atom is -0.0631 e. The van der Waals surface area contributed by atoms with Crippen molar-refractivity contribution in [3.8, 4) is 0 Å². The highest BCUT2D eigenvalue weighted by Crippen LogP contribution is 2.20. The van der Waals surface area contributed by atoms with Crippen LogP contribution < -0.4 is 5.19 Å². The first-order chi connectivity index (χ1) is 7.04. The maximum Gasteiger partial charge on any atom is 0.0868 e. The Morgan fingerprint density at radius 1 is 0.867 bits per heavy atom. The maximum absolute atomic E-state index is 2.32. The fourth-order valence-electron chi connectivity index (χ4n) is 1.70. The zero-order valence-corrected chi connectivity index (χ0v) is 10.5. The van der Waals surface area contributed by atoms with Crippen LogP contribution in [0.4, 0.5) is 0 Å². The van der Waals surface area contributed by atoms with E-state index in [-0.39, 0.29) is 0 Å². The van der Waals surface area contributed by atoms with Crippen LogP contribution in [0.15, 0.2) is 42.5 Å². The zero-order chi connectivity index (χ0) is 10.9. The molecular formula is C14H16Si. The summed E-state index contributed by atoms with van der Waals surface area (Å²) in [5.74, 6) is 0. The van der Waals surface area contributed by atoms with Gasteiger partial charge in [0, 0.05) is 0 Å². The van der Waals surface area contributed by atoms with Crippen LogP contribution in [0.2, 0.25) is 5.04 Å². The van der Waals surface area contributed by atoms with Gasteiger partial charge in [0.15, 0.2) is 0 Å². The lowest BCUT2D eigenvalue weighted by molar-refractivity contribution is 0.759. The third-order valence-corrected chi connectivity index (χ3v) is 3.62. The third-order valence-electron chi connectivity index (χ3n) is 2.27. The van der Waals surface area contributed by atoms with E-state index in [1.165, 1.54) is 16.0 Å². The average Bonchev–Trinajstić information content (AvgIpc) is 2.15. The Labute approximate surface area is 94.1 Å². The van der Waals surface area contributed by atoms with Crippen LogP contribution >= 0.6 is 0 Å². The second kappa shape index (κ2) is 3.82. The Morgan fingerprint density at radius 2 is 1.53 bits per heavy atom. The molecule has 76 valence electrons. The molecule has 1 heteroatoms. The molecule has 0 N–H and O–H groups in total. The topological polar surface area (TPSA) is 0 Å². The lowest BCUT2D eigenvalue weighted by atomic mass is 10.1. The molecule has 0 bridgehead atoms. The van der Waals surface area contributed by atoms with Gasteiger partial charge in [0.2, 0.25) is 0 Å². The lowest BCUT2D eigenvalue weighted by Crippen LogP contribution is -2.22. The van der Waals surface area contributed by atoms with Gasteiger partial charge >= 0.3 is 0 Å². The van der Waals surface area contributed by atoms with Crippen LogP contribution in [0.3, 0.4) is 0 Å². The van der Waals surface area contributed by atoms with Gasteiger partial charge in [-0.05, 0) is 15.8 Å². The van der Waals surface area contributed by atoms with Gasteiger partial charge in [-0.15, -0.1) is 0 Å². The van der Waals surface area contributed by atoms with Gasteiger partial charge in [0.1, 0.15) is 0 Å².